The highest BCUT2D eigenvalue weighted by molar-refractivity contribution is 6.05. The van der Waals surface area contributed by atoms with Crippen LogP contribution in [0.1, 0.15) is 34.0 Å². The first-order chi connectivity index (χ1) is 17.4. The number of aryl methyl sites for hydroxylation is 1. The van der Waals surface area contributed by atoms with Crippen molar-refractivity contribution in [3.63, 3.8) is 0 Å². The quantitative estimate of drug-likeness (QED) is 0.442. The smallest absolute Gasteiger partial charge is 0.254 e. The lowest BCUT2D eigenvalue weighted by Crippen LogP contribution is -2.46. The standard InChI is InChI=1S/C28H29N3O5/c1-18-6-3-4-9-24(18)19-10-12-20(13-11-19)28(35)31-17-22(30-36-2)15-25(31)27(34)29-16-26(33)21-7-5-8-23(32)14-21/h3-14,25-26,32-33H,15-17H2,1-2H3,(H,29,34)/t25-,26?/m0/s1. The van der Waals surface area contributed by atoms with Crippen molar-refractivity contribution in [2.75, 3.05) is 20.2 Å². The van der Waals surface area contributed by atoms with Gasteiger partial charge < -0.3 is 25.3 Å². The van der Waals surface area contributed by atoms with Crippen LogP contribution in [0.5, 0.6) is 5.75 Å². The Hall–Kier alpha value is -4.17. The van der Waals surface area contributed by atoms with E-state index in [4.69, 9.17) is 4.84 Å². The minimum atomic E-state index is -1.01. The molecule has 0 bridgehead atoms. The Bertz CT molecular complexity index is 1270. The number of phenolic OH excluding ortho intramolecular Hbond substituents is 1. The van der Waals surface area contributed by atoms with Crippen molar-refractivity contribution < 1.29 is 24.6 Å². The molecule has 186 valence electrons. The van der Waals surface area contributed by atoms with Crippen LogP contribution in [-0.4, -0.2) is 58.9 Å². The fraction of sp³-hybridized carbons (Fsp3) is 0.250. The van der Waals surface area contributed by atoms with E-state index in [1.807, 2.05) is 43.3 Å². The Kier molecular flexibility index (Phi) is 7.65. The van der Waals surface area contributed by atoms with Crippen LogP contribution < -0.4 is 5.32 Å². The van der Waals surface area contributed by atoms with Gasteiger partial charge in [-0.25, -0.2) is 0 Å². The van der Waals surface area contributed by atoms with E-state index < -0.39 is 18.1 Å². The molecule has 1 saturated heterocycles. The zero-order valence-corrected chi connectivity index (χ0v) is 20.2. The SMILES string of the molecule is CON=C1C[C@@H](C(=O)NCC(O)c2cccc(O)c2)N(C(=O)c2ccc(-c3ccccc3C)cc2)C1. The molecule has 8 heteroatoms. The van der Waals surface area contributed by atoms with Crippen LogP contribution in [0.4, 0.5) is 0 Å². The van der Waals surface area contributed by atoms with Crippen molar-refractivity contribution in [3.8, 4) is 16.9 Å². The average Bonchev–Trinajstić information content (AvgIpc) is 3.31. The molecule has 2 atom stereocenters. The van der Waals surface area contributed by atoms with E-state index in [1.165, 1.54) is 24.1 Å². The number of carbonyl (C=O) groups is 2. The number of likely N-dealkylation sites (tertiary alicyclic amines) is 1. The van der Waals surface area contributed by atoms with Gasteiger partial charge in [-0.2, -0.15) is 0 Å². The fourth-order valence-corrected chi connectivity index (χ4v) is 4.37. The largest absolute Gasteiger partial charge is 0.508 e. The third-order valence-corrected chi connectivity index (χ3v) is 6.25. The predicted octanol–water partition coefficient (Wildman–Crippen LogP) is 3.43. The number of hydrogen-bond donors (Lipinski definition) is 3. The van der Waals surface area contributed by atoms with E-state index in [0.717, 1.165) is 16.7 Å². The van der Waals surface area contributed by atoms with Gasteiger partial charge in [-0.3, -0.25) is 9.59 Å². The van der Waals surface area contributed by atoms with Crippen molar-refractivity contribution in [2.45, 2.75) is 25.5 Å². The first-order valence-corrected chi connectivity index (χ1v) is 11.7. The van der Waals surface area contributed by atoms with Gasteiger partial charge in [0, 0.05) is 18.5 Å². The minimum Gasteiger partial charge on any atom is -0.508 e. The molecule has 3 aromatic carbocycles. The van der Waals surface area contributed by atoms with Crippen molar-refractivity contribution in [2.24, 2.45) is 5.16 Å². The molecular weight excluding hydrogens is 458 g/mol. The van der Waals surface area contributed by atoms with Gasteiger partial charge in [0.2, 0.25) is 5.91 Å². The zero-order chi connectivity index (χ0) is 25.7. The first-order valence-electron chi connectivity index (χ1n) is 11.7. The van der Waals surface area contributed by atoms with E-state index in [2.05, 4.69) is 10.5 Å². The maximum absolute atomic E-state index is 13.4. The Balaban J connectivity index is 1.48. The molecule has 1 fully saturated rings. The molecule has 1 unspecified atom stereocenters. The number of oxime groups is 1. The van der Waals surface area contributed by atoms with Crippen molar-refractivity contribution in [1.82, 2.24) is 10.2 Å². The normalized spacial score (nSPS) is 17.1. The summed E-state index contributed by atoms with van der Waals surface area (Å²) in [5, 5.41) is 26.7. The first kappa shape index (κ1) is 24.9. The van der Waals surface area contributed by atoms with E-state index >= 15 is 0 Å². The summed E-state index contributed by atoms with van der Waals surface area (Å²) < 4.78 is 0. The lowest BCUT2D eigenvalue weighted by atomic mass is 9.99. The number of benzene rings is 3. The Morgan fingerprint density at radius 1 is 1.11 bits per heavy atom. The summed E-state index contributed by atoms with van der Waals surface area (Å²) in [6.07, 6.45) is -0.776. The van der Waals surface area contributed by atoms with Crippen LogP contribution in [0.3, 0.4) is 0 Å². The molecule has 3 aromatic rings. The Morgan fingerprint density at radius 2 is 1.86 bits per heavy atom. The molecule has 36 heavy (non-hydrogen) atoms. The van der Waals surface area contributed by atoms with Crippen LogP contribution in [0.25, 0.3) is 11.1 Å². The predicted molar refractivity (Wildman–Crippen MR) is 137 cm³/mol. The lowest BCUT2D eigenvalue weighted by molar-refractivity contribution is -0.125. The summed E-state index contributed by atoms with van der Waals surface area (Å²) in [4.78, 5) is 32.8. The number of amides is 2. The lowest BCUT2D eigenvalue weighted by Gasteiger charge is -2.24. The number of rotatable bonds is 7. The van der Waals surface area contributed by atoms with E-state index in [0.29, 0.717) is 16.8 Å². The number of nitrogens with one attached hydrogen (secondary N) is 1. The summed E-state index contributed by atoms with van der Waals surface area (Å²) in [7, 11) is 1.42. The molecule has 0 radical (unpaired) electrons. The van der Waals surface area contributed by atoms with Crippen molar-refractivity contribution in [3.05, 3.63) is 89.5 Å². The second kappa shape index (κ2) is 11.0. The molecule has 0 aromatic heterocycles. The van der Waals surface area contributed by atoms with Crippen LogP contribution in [0.2, 0.25) is 0 Å². The molecule has 4 rings (SSSR count). The number of phenols is 1. The number of aliphatic hydroxyl groups excluding tert-OH is 1. The molecule has 0 aliphatic carbocycles. The summed E-state index contributed by atoms with van der Waals surface area (Å²) in [6, 6.07) is 20.8. The van der Waals surface area contributed by atoms with Crippen molar-refractivity contribution >= 4 is 17.5 Å². The van der Waals surface area contributed by atoms with Gasteiger partial charge in [-0.15, -0.1) is 0 Å². The monoisotopic (exact) mass is 487 g/mol. The number of aromatic hydroxyl groups is 1. The van der Waals surface area contributed by atoms with E-state index in [1.54, 1.807) is 24.3 Å². The summed E-state index contributed by atoms with van der Waals surface area (Å²) in [5.41, 5.74) is 4.75. The van der Waals surface area contributed by atoms with E-state index in [9.17, 15) is 19.8 Å². The highest BCUT2D eigenvalue weighted by Crippen LogP contribution is 2.25. The Morgan fingerprint density at radius 3 is 2.56 bits per heavy atom. The van der Waals surface area contributed by atoms with Crippen LogP contribution in [0, 0.1) is 6.92 Å². The molecule has 2 amide bonds. The summed E-state index contributed by atoms with van der Waals surface area (Å²) in [5.74, 6) is -0.666. The Labute approximate surface area is 209 Å². The molecular formula is C28H29N3O5. The molecule has 1 aliphatic rings. The van der Waals surface area contributed by atoms with Crippen LogP contribution in [0.15, 0.2) is 78.0 Å². The van der Waals surface area contributed by atoms with Crippen molar-refractivity contribution in [1.29, 1.82) is 0 Å². The number of hydrogen-bond acceptors (Lipinski definition) is 6. The second-order valence-electron chi connectivity index (χ2n) is 8.74. The van der Waals surface area contributed by atoms with Gasteiger partial charge in [-0.1, -0.05) is 53.7 Å². The van der Waals surface area contributed by atoms with Gasteiger partial charge in [0.05, 0.1) is 18.4 Å². The molecule has 0 saturated carbocycles. The van der Waals surface area contributed by atoms with Gasteiger partial charge >= 0.3 is 0 Å². The number of nitrogens with zero attached hydrogens (tertiary/aromatic N) is 2. The maximum atomic E-state index is 13.4. The van der Waals surface area contributed by atoms with Crippen LogP contribution in [-0.2, 0) is 9.63 Å². The van der Waals surface area contributed by atoms with Crippen LogP contribution >= 0.6 is 0 Å². The highest BCUT2D eigenvalue weighted by Gasteiger charge is 2.38. The summed E-state index contributed by atoms with van der Waals surface area (Å²) in [6.45, 7) is 2.14. The molecule has 1 heterocycles. The third-order valence-electron chi connectivity index (χ3n) is 6.25. The molecule has 1 aliphatic heterocycles. The molecule has 0 spiro atoms. The average molecular weight is 488 g/mol. The van der Waals surface area contributed by atoms with E-state index in [-0.39, 0.29) is 31.2 Å². The van der Waals surface area contributed by atoms with Gasteiger partial charge in [-0.05, 0) is 53.4 Å². The van der Waals surface area contributed by atoms with Gasteiger partial charge in [0.15, 0.2) is 0 Å². The minimum absolute atomic E-state index is 0.0271. The van der Waals surface area contributed by atoms with Gasteiger partial charge in [0.25, 0.3) is 5.91 Å². The molecule has 8 nitrogen and oxygen atoms in total. The third kappa shape index (κ3) is 5.55. The maximum Gasteiger partial charge on any atom is 0.254 e. The number of carbonyl (C=O) groups excluding carboxylic acids is 2. The fourth-order valence-electron chi connectivity index (χ4n) is 4.37. The number of aliphatic hydroxyl groups is 1. The zero-order valence-electron chi connectivity index (χ0n) is 20.2. The second-order valence-corrected chi connectivity index (χ2v) is 8.74. The highest BCUT2D eigenvalue weighted by atomic mass is 16.6. The van der Waals surface area contributed by atoms with Gasteiger partial charge in [0.1, 0.15) is 18.9 Å². The summed E-state index contributed by atoms with van der Waals surface area (Å²) >= 11 is 0. The molecule has 3 N–H and O–H groups in total. The topological polar surface area (TPSA) is 111 Å².